The Morgan fingerprint density at radius 2 is 1.22 bits per heavy atom. The molecule has 7 nitrogen and oxygen atoms in total. The number of amides is 1. The summed E-state index contributed by atoms with van der Waals surface area (Å²) in [6.07, 6.45) is 24.1. The molecule has 0 radical (unpaired) electrons. The van der Waals surface area contributed by atoms with Crippen LogP contribution in [0.25, 0.3) is 0 Å². The largest absolute Gasteiger partial charge is 0.466 e. The number of carbonyl (C=O) groups excluding carboxylic acids is 3. The summed E-state index contributed by atoms with van der Waals surface area (Å²) in [5, 5.41) is 3.30. The van der Waals surface area contributed by atoms with Gasteiger partial charge in [-0.05, 0) is 95.2 Å². The lowest BCUT2D eigenvalue weighted by Gasteiger charge is -2.26. The summed E-state index contributed by atoms with van der Waals surface area (Å²) < 4.78 is 11.6. The van der Waals surface area contributed by atoms with Gasteiger partial charge >= 0.3 is 11.9 Å². The molecule has 7 heteroatoms. The van der Waals surface area contributed by atoms with E-state index in [4.69, 9.17) is 9.47 Å². The normalized spacial score (nSPS) is 22.0. The van der Waals surface area contributed by atoms with Gasteiger partial charge in [-0.2, -0.15) is 0 Å². The second kappa shape index (κ2) is 31.2. The number of esters is 2. The number of hydrogen-bond acceptors (Lipinski definition) is 6. The van der Waals surface area contributed by atoms with E-state index < -0.39 is 0 Å². The van der Waals surface area contributed by atoms with Crippen LogP contribution in [0.3, 0.4) is 0 Å². The van der Waals surface area contributed by atoms with Crippen molar-refractivity contribution >= 4 is 17.8 Å². The first-order valence-electron chi connectivity index (χ1n) is 20.5. The Kier molecular flexibility index (Phi) is 28.4. The van der Waals surface area contributed by atoms with Crippen LogP contribution in [0.1, 0.15) is 174 Å². The predicted octanol–water partition coefficient (Wildman–Crippen LogP) is 10.2. The van der Waals surface area contributed by atoms with E-state index in [-0.39, 0.29) is 35.7 Å². The van der Waals surface area contributed by atoms with Gasteiger partial charge in [0.25, 0.3) is 0 Å². The Balaban J connectivity index is 2.98. The van der Waals surface area contributed by atoms with Crippen molar-refractivity contribution in [1.82, 2.24) is 10.2 Å². The molecule has 1 rings (SSSR count). The smallest absolute Gasteiger partial charge is 0.305 e. The Morgan fingerprint density at radius 1 is 0.740 bits per heavy atom. The second-order valence-corrected chi connectivity index (χ2v) is 14.7. The van der Waals surface area contributed by atoms with Crippen LogP contribution in [0.5, 0.6) is 0 Å². The van der Waals surface area contributed by atoms with E-state index in [2.05, 4.69) is 42.9 Å². The van der Waals surface area contributed by atoms with Crippen LogP contribution in [0, 0.1) is 11.8 Å². The van der Waals surface area contributed by atoms with Crippen LogP contribution in [0.15, 0.2) is 29.3 Å². The minimum atomic E-state index is -0.113. The van der Waals surface area contributed by atoms with Gasteiger partial charge in [0.05, 0.1) is 13.2 Å². The summed E-state index contributed by atoms with van der Waals surface area (Å²) in [7, 11) is 3.98. The molecule has 0 bridgehead atoms. The van der Waals surface area contributed by atoms with Gasteiger partial charge in [-0.3, -0.25) is 14.4 Å². The van der Waals surface area contributed by atoms with Crippen LogP contribution in [-0.4, -0.2) is 62.6 Å². The summed E-state index contributed by atoms with van der Waals surface area (Å²) in [6, 6.07) is 0.211. The molecule has 2 atom stereocenters. The van der Waals surface area contributed by atoms with Crippen molar-refractivity contribution < 1.29 is 23.9 Å². The summed E-state index contributed by atoms with van der Waals surface area (Å²) >= 11 is 0. The van der Waals surface area contributed by atoms with E-state index in [1.165, 1.54) is 5.57 Å². The average Bonchev–Trinajstić information content (AvgIpc) is 3.09. The number of unbranched alkanes of at least 4 members (excludes halogenated alkanes) is 4. The number of rotatable bonds is 12. The topological polar surface area (TPSA) is 84.9 Å². The van der Waals surface area contributed by atoms with Gasteiger partial charge < -0.3 is 19.7 Å². The fraction of sp³-hybridized carbons (Fsp3) is 0.814. The summed E-state index contributed by atoms with van der Waals surface area (Å²) in [4.78, 5) is 40.0. The maximum atomic E-state index is 12.7. The second-order valence-electron chi connectivity index (χ2n) is 14.7. The van der Waals surface area contributed by atoms with E-state index in [0.717, 1.165) is 148 Å². The lowest BCUT2D eigenvalue weighted by Crippen LogP contribution is -2.36. The Hall–Kier alpha value is -2.55. The SMILES string of the molecule is C=C=C=C=C1C(CCCCC)CCOC(=O)CCCCCCCC(NC(=O)CCN(C)C)CCCCCCCC(=O)OCCC1CCCCC. The highest BCUT2D eigenvalue weighted by Gasteiger charge is 2.24. The van der Waals surface area contributed by atoms with Gasteiger partial charge in [-0.1, -0.05) is 115 Å². The summed E-state index contributed by atoms with van der Waals surface area (Å²) in [5.74, 6) is 0.350. The molecule has 286 valence electrons. The van der Waals surface area contributed by atoms with Crippen molar-refractivity contribution in [3.63, 3.8) is 0 Å². The number of carbonyl (C=O) groups is 3. The molecule has 0 aliphatic carbocycles. The zero-order valence-corrected chi connectivity index (χ0v) is 32.7. The molecule has 2 unspecified atom stereocenters. The molecule has 1 aliphatic rings. The third-order valence-corrected chi connectivity index (χ3v) is 9.96. The monoisotopic (exact) mass is 699 g/mol. The van der Waals surface area contributed by atoms with Gasteiger partial charge in [0.2, 0.25) is 5.91 Å². The maximum Gasteiger partial charge on any atom is 0.305 e. The molecule has 1 amide bonds. The van der Waals surface area contributed by atoms with Gasteiger partial charge in [-0.25, -0.2) is 0 Å². The molecule has 50 heavy (non-hydrogen) atoms. The summed E-state index contributed by atoms with van der Waals surface area (Å²) in [5.41, 5.74) is 10.4. The number of allylic oxidation sites excluding steroid dienone is 1. The standard InChI is InChI=1S/C43H74N2O5/c1-6-9-18-24-37-32-35-49-42(47)29-22-16-12-14-20-26-39(44-41(46)31-34-45(4)5)27-21-15-13-17-23-30-43(48)50-36-33-38(25-19-10-7-2)40(37)28-11-8-3/h37-39H,3,6-7,9-10,12-27,29-36H2,1-2,4-5H3,(H,44,46). The van der Waals surface area contributed by atoms with Crippen molar-refractivity contribution in [2.45, 2.75) is 180 Å². The van der Waals surface area contributed by atoms with E-state index in [1.807, 2.05) is 19.0 Å². The lowest BCUT2D eigenvalue weighted by atomic mass is 9.79. The van der Waals surface area contributed by atoms with Gasteiger partial charge in [0, 0.05) is 31.8 Å². The number of ether oxygens (including phenoxy) is 2. The van der Waals surface area contributed by atoms with Gasteiger partial charge in [0.15, 0.2) is 0 Å². The predicted molar refractivity (Wildman–Crippen MR) is 206 cm³/mol. The molecular formula is C43H74N2O5. The molecule has 1 fully saturated rings. The quantitative estimate of drug-likeness (QED) is 0.124. The van der Waals surface area contributed by atoms with E-state index >= 15 is 0 Å². The van der Waals surface area contributed by atoms with Crippen molar-refractivity contribution in [2.24, 2.45) is 11.8 Å². The molecule has 1 aliphatic heterocycles. The van der Waals surface area contributed by atoms with E-state index in [0.29, 0.717) is 32.5 Å². The first-order valence-corrected chi connectivity index (χ1v) is 20.5. The molecule has 1 heterocycles. The van der Waals surface area contributed by atoms with Crippen LogP contribution < -0.4 is 5.32 Å². The maximum absolute atomic E-state index is 12.7. The van der Waals surface area contributed by atoms with E-state index in [9.17, 15) is 14.4 Å². The Bertz CT molecular complexity index is 984. The minimum absolute atomic E-state index is 0.113. The van der Waals surface area contributed by atoms with Crippen molar-refractivity contribution in [3.05, 3.63) is 29.3 Å². The van der Waals surface area contributed by atoms with Crippen molar-refractivity contribution in [3.8, 4) is 0 Å². The fourth-order valence-electron chi connectivity index (χ4n) is 6.91. The highest BCUT2D eigenvalue weighted by Crippen LogP contribution is 2.33. The van der Waals surface area contributed by atoms with Crippen molar-refractivity contribution in [2.75, 3.05) is 33.9 Å². The van der Waals surface area contributed by atoms with Gasteiger partial charge in [-0.15, -0.1) is 0 Å². The highest BCUT2D eigenvalue weighted by molar-refractivity contribution is 5.76. The highest BCUT2D eigenvalue weighted by atomic mass is 16.5. The molecule has 0 spiro atoms. The average molecular weight is 699 g/mol. The number of nitrogens with one attached hydrogen (secondary N) is 1. The van der Waals surface area contributed by atoms with Gasteiger partial charge in [0.1, 0.15) is 0 Å². The molecule has 0 aromatic heterocycles. The third kappa shape index (κ3) is 24.6. The zero-order chi connectivity index (χ0) is 36.7. The van der Waals surface area contributed by atoms with Crippen LogP contribution in [0.2, 0.25) is 0 Å². The number of cyclic esters (lactones) is 2. The van der Waals surface area contributed by atoms with Crippen molar-refractivity contribution in [1.29, 1.82) is 0 Å². The molecule has 0 saturated carbocycles. The molecule has 1 N–H and O–H groups in total. The molecular weight excluding hydrogens is 624 g/mol. The molecule has 1 saturated heterocycles. The van der Waals surface area contributed by atoms with Crippen LogP contribution in [-0.2, 0) is 23.9 Å². The number of nitrogens with zero attached hydrogens (tertiary/aromatic N) is 1. The lowest BCUT2D eigenvalue weighted by molar-refractivity contribution is -0.144. The first kappa shape index (κ1) is 45.5. The summed E-state index contributed by atoms with van der Waals surface area (Å²) in [6.45, 7) is 9.72. The Labute approximate surface area is 306 Å². The Morgan fingerprint density at radius 3 is 1.68 bits per heavy atom. The fourth-order valence-corrected chi connectivity index (χ4v) is 6.91. The minimum Gasteiger partial charge on any atom is -0.466 e. The third-order valence-electron chi connectivity index (χ3n) is 9.96. The van der Waals surface area contributed by atoms with Crippen LogP contribution in [0.4, 0.5) is 0 Å². The van der Waals surface area contributed by atoms with E-state index in [1.54, 1.807) is 0 Å². The van der Waals surface area contributed by atoms with Crippen LogP contribution >= 0.6 is 0 Å². The molecule has 0 aromatic rings. The first-order chi connectivity index (χ1) is 24.3. The molecule has 0 aromatic carbocycles. The zero-order valence-electron chi connectivity index (χ0n) is 32.7. The number of hydrogen-bond donors (Lipinski definition) is 1.